The van der Waals surface area contributed by atoms with Crippen LogP contribution in [-0.4, -0.2) is 58.7 Å². The third kappa shape index (κ3) is 5.07. The molecular formula is C24H21FN6O5S. The molecule has 4 aromatic rings. The summed E-state index contributed by atoms with van der Waals surface area (Å²) in [5, 5.41) is 5.70. The first-order valence-electron chi connectivity index (χ1n) is 11.1. The first kappa shape index (κ1) is 24.2. The second-order valence-corrected chi connectivity index (χ2v) is 9.19. The number of cyclic esters (lactones) is 1. The molecule has 1 atom stereocenters. The van der Waals surface area contributed by atoms with Gasteiger partial charge in [0.05, 0.1) is 41.8 Å². The third-order valence-electron chi connectivity index (χ3n) is 5.61. The molecule has 13 heteroatoms. The lowest BCUT2D eigenvalue weighted by molar-refractivity contribution is -0.119. The number of amides is 3. The van der Waals surface area contributed by atoms with Crippen LogP contribution in [0.4, 0.5) is 20.0 Å². The van der Waals surface area contributed by atoms with Crippen molar-refractivity contribution in [3.8, 4) is 11.4 Å². The fourth-order valence-corrected chi connectivity index (χ4v) is 4.68. The van der Waals surface area contributed by atoms with Gasteiger partial charge in [-0.2, -0.15) is 0 Å². The second-order valence-electron chi connectivity index (χ2n) is 8.16. The maximum Gasteiger partial charge on any atom is 0.414 e. The number of halogens is 1. The molecule has 5 rings (SSSR count). The molecule has 0 aliphatic carbocycles. The molecular weight excluding hydrogens is 503 g/mol. The Bertz CT molecular complexity index is 1520. The minimum absolute atomic E-state index is 0.0734. The van der Waals surface area contributed by atoms with Gasteiger partial charge in [-0.3, -0.25) is 19.8 Å². The number of imidazole rings is 1. The summed E-state index contributed by atoms with van der Waals surface area (Å²) in [6.45, 7) is 1.71. The standard InChI is InChI=1S/C24H21FN6O5S/c1-13(32)26-9-16-10-31(24(34)36-16)14-3-6-20(17(25)7-14)30-11-19(27-12-30)22(33)29-23-28-18-5-4-15(35-2)8-21(18)37-23/h3-8,11-12,16H,9-10H2,1-2H3,(H,26,32)(H,28,29,33). The van der Waals surface area contributed by atoms with Crippen LogP contribution < -0.4 is 20.3 Å². The molecule has 2 aromatic carbocycles. The minimum atomic E-state index is -0.627. The Morgan fingerprint density at radius 3 is 2.86 bits per heavy atom. The van der Waals surface area contributed by atoms with Gasteiger partial charge in [-0.15, -0.1) is 0 Å². The van der Waals surface area contributed by atoms with Gasteiger partial charge >= 0.3 is 6.09 Å². The van der Waals surface area contributed by atoms with E-state index in [2.05, 4.69) is 20.6 Å². The van der Waals surface area contributed by atoms with Crippen LogP contribution in [-0.2, 0) is 9.53 Å². The number of methoxy groups -OCH3 is 1. The van der Waals surface area contributed by atoms with Crippen molar-refractivity contribution in [1.29, 1.82) is 0 Å². The van der Waals surface area contributed by atoms with E-state index in [0.29, 0.717) is 16.6 Å². The highest BCUT2D eigenvalue weighted by Gasteiger charge is 2.32. The van der Waals surface area contributed by atoms with Gasteiger partial charge in [0.1, 0.15) is 29.7 Å². The van der Waals surface area contributed by atoms with E-state index < -0.39 is 23.9 Å². The maximum atomic E-state index is 15.0. The van der Waals surface area contributed by atoms with Crippen molar-refractivity contribution < 1.29 is 28.2 Å². The molecule has 0 radical (unpaired) electrons. The number of carbonyl (C=O) groups is 3. The summed E-state index contributed by atoms with van der Waals surface area (Å²) < 4.78 is 27.7. The first-order chi connectivity index (χ1) is 17.8. The monoisotopic (exact) mass is 524 g/mol. The van der Waals surface area contributed by atoms with E-state index in [-0.39, 0.29) is 30.4 Å². The van der Waals surface area contributed by atoms with Crippen molar-refractivity contribution in [3.63, 3.8) is 0 Å². The molecule has 190 valence electrons. The van der Waals surface area contributed by atoms with Gasteiger partial charge in [-0.25, -0.2) is 19.2 Å². The number of carbonyl (C=O) groups excluding carboxylic acids is 3. The molecule has 0 saturated carbocycles. The normalized spacial score (nSPS) is 15.1. The zero-order valence-electron chi connectivity index (χ0n) is 19.7. The van der Waals surface area contributed by atoms with Gasteiger partial charge in [0.15, 0.2) is 5.13 Å². The molecule has 11 nitrogen and oxygen atoms in total. The lowest BCUT2D eigenvalue weighted by Gasteiger charge is -2.14. The Morgan fingerprint density at radius 1 is 1.27 bits per heavy atom. The maximum absolute atomic E-state index is 15.0. The topological polar surface area (TPSA) is 128 Å². The summed E-state index contributed by atoms with van der Waals surface area (Å²) in [7, 11) is 1.57. The van der Waals surface area contributed by atoms with E-state index >= 15 is 4.39 Å². The van der Waals surface area contributed by atoms with Gasteiger partial charge in [-0.1, -0.05) is 11.3 Å². The Kier molecular flexibility index (Phi) is 6.44. The number of aromatic nitrogens is 3. The fourth-order valence-electron chi connectivity index (χ4n) is 3.79. The number of hydrogen-bond donors (Lipinski definition) is 2. The van der Waals surface area contributed by atoms with Crippen LogP contribution in [0.15, 0.2) is 48.9 Å². The van der Waals surface area contributed by atoms with Crippen LogP contribution in [0.5, 0.6) is 5.75 Å². The predicted octanol–water partition coefficient (Wildman–Crippen LogP) is 3.34. The van der Waals surface area contributed by atoms with Crippen molar-refractivity contribution >= 4 is 50.3 Å². The highest BCUT2D eigenvalue weighted by molar-refractivity contribution is 7.22. The molecule has 1 unspecified atom stereocenters. The van der Waals surface area contributed by atoms with E-state index in [1.165, 1.54) is 52.4 Å². The van der Waals surface area contributed by atoms with Gasteiger partial charge in [0, 0.05) is 13.1 Å². The van der Waals surface area contributed by atoms with Crippen LogP contribution in [0.2, 0.25) is 0 Å². The second kappa shape index (κ2) is 9.85. The molecule has 37 heavy (non-hydrogen) atoms. The van der Waals surface area contributed by atoms with E-state index in [9.17, 15) is 14.4 Å². The number of hydrogen-bond acceptors (Lipinski definition) is 8. The number of fused-ring (bicyclic) bond motifs is 1. The summed E-state index contributed by atoms with van der Waals surface area (Å²) in [4.78, 5) is 45.8. The molecule has 1 aliphatic heterocycles. The van der Waals surface area contributed by atoms with Gasteiger partial charge in [-0.05, 0) is 36.4 Å². The Morgan fingerprint density at radius 2 is 2.11 bits per heavy atom. The van der Waals surface area contributed by atoms with Crippen molar-refractivity contribution in [3.05, 3.63) is 60.4 Å². The third-order valence-corrected chi connectivity index (χ3v) is 6.54. The van der Waals surface area contributed by atoms with Crippen LogP contribution in [0.25, 0.3) is 15.9 Å². The summed E-state index contributed by atoms with van der Waals surface area (Å²) in [6, 6.07) is 9.65. The van der Waals surface area contributed by atoms with Crippen LogP contribution in [0.3, 0.4) is 0 Å². The zero-order chi connectivity index (χ0) is 26.1. The first-order valence-corrected chi connectivity index (χ1v) is 11.9. The molecule has 3 amide bonds. The van der Waals surface area contributed by atoms with Crippen LogP contribution in [0, 0.1) is 5.82 Å². The summed E-state index contributed by atoms with van der Waals surface area (Å²) in [5.41, 5.74) is 1.24. The van der Waals surface area contributed by atoms with Gasteiger partial charge < -0.3 is 19.4 Å². The van der Waals surface area contributed by atoms with Crippen molar-refractivity contribution in [2.24, 2.45) is 0 Å². The molecule has 2 aromatic heterocycles. The van der Waals surface area contributed by atoms with E-state index in [1.54, 1.807) is 25.3 Å². The number of rotatable bonds is 7. The Hall–Kier alpha value is -4.52. The SMILES string of the molecule is COc1ccc2nc(NC(=O)c3cn(-c4ccc(N5CC(CNC(C)=O)OC5=O)cc4F)cn3)sc2c1. The average Bonchev–Trinajstić information content (AvgIpc) is 3.60. The van der Waals surface area contributed by atoms with Crippen LogP contribution >= 0.6 is 11.3 Å². The summed E-state index contributed by atoms with van der Waals surface area (Å²) in [6.07, 6.45) is 1.56. The number of thiazole rings is 1. The van der Waals surface area contributed by atoms with Crippen molar-refractivity contribution in [1.82, 2.24) is 19.9 Å². The lowest BCUT2D eigenvalue weighted by atomic mass is 10.2. The molecule has 1 aliphatic rings. The number of nitrogens with one attached hydrogen (secondary N) is 2. The van der Waals surface area contributed by atoms with Crippen molar-refractivity contribution in [2.75, 3.05) is 30.4 Å². The minimum Gasteiger partial charge on any atom is -0.497 e. The fraction of sp³-hybridized carbons (Fsp3) is 0.208. The molecule has 1 saturated heterocycles. The molecule has 2 N–H and O–H groups in total. The number of anilines is 2. The van der Waals surface area contributed by atoms with E-state index in [0.717, 1.165) is 10.2 Å². The zero-order valence-corrected chi connectivity index (χ0v) is 20.5. The van der Waals surface area contributed by atoms with Crippen LogP contribution in [0.1, 0.15) is 17.4 Å². The van der Waals surface area contributed by atoms with Gasteiger partial charge in [0.25, 0.3) is 5.91 Å². The molecule has 1 fully saturated rings. The largest absolute Gasteiger partial charge is 0.497 e. The quantitative estimate of drug-likeness (QED) is 0.380. The molecule has 0 bridgehead atoms. The number of ether oxygens (including phenoxy) is 2. The summed E-state index contributed by atoms with van der Waals surface area (Å²) in [5.74, 6) is -0.668. The Balaban J connectivity index is 1.28. The highest BCUT2D eigenvalue weighted by atomic mass is 32.1. The number of nitrogens with zero attached hydrogens (tertiary/aromatic N) is 4. The highest BCUT2D eigenvalue weighted by Crippen LogP contribution is 2.30. The van der Waals surface area contributed by atoms with E-state index in [4.69, 9.17) is 9.47 Å². The average molecular weight is 525 g/mol. The predicted molar refractivity (Wildman–Crippen MR) is 134 cm³/mol. The van der Waals surface area contributed by atoms with Gasteiger partial charge in [0.2, 0.25) is 5.91 Å². The molecule has 0 spiro atoms. The summed E-state index contributed by atoms with van der Waals surface area (Å²) >= 11 is 1.29. The smallest absolute Gasteiger partial charge is 0.414 e. The van der Waals surface area contributed by atoms with E-state index in [1.807, 2.05) is 6.07 Å². The molecule has 3 heterocycles. The lowest BCUT2D eigenvalue weighted by Crippen LogP contribution is -2.33. The Labute approximate surface area is 213 Å². The van der Waals surface area contributed by atoms with Crippen molar-refractivity contribution in [2.45, 2.75) is 13.0 Å². The number of benzene rings is 2.